The van der Waals surface area contributed by atoms with Gasteiger partial charge in [-0.3, -0.25) is 0 Å². The standard InChI is InChI=1S/C11H11BrN2S/c12-10-9(15-11(13)14-10)7-6-8-4-2-1-3-5-8/h1-5H,6-7H2,(H2,13,14). The van der Waals surface area contributed by atoms with Crippen LogP contribution in [0, 0.1) is 0 Å². The van der Waals surface area contributed by atoms with Gasteiger partial charge in [-0.1, -0.05) is 30.3 Å². The van der Waals surface area contributed by atoms with Gasteiger partial charge < -0.3 is 5.73 Å². The van der Waals surface area contributed by atoms with Gasteiger partial charge in [0.1, 0.15) is 4.60 Å². The molecule has 0 aliphatic carbocycles. The van der Waals surface area contributed by atoms with Crippen molar-refractivity contribution in [3.63, 3.8) is 0 Å². The molecule has 0 saturated heterocycles. The fourth-order valence-electron chi connectivity index (χ4n) is 1.41. The fourth-order valence-corrected chi connectivity index (χ4v) is 2.88. The number of rotatable bonds is 3. The van der Waals surface area contributed by atoms with Crippen LogP contribution in [0.2, 0.25) is 0 Å². The minimum Gasteiger partial charge on any atom is -0.375 e. The molecule has 1 aromatic heterocycles. The van der Waals surface area contributed by atoms with E-state index in [1.165, 1.54) is 10.4 Å². The Hall–Kier alpha value is -0.870. The maximum absolute atomic E-state index is 5.63. The summed E-state index contributed by atoms with van der Waals surface area (Å²) in [6, 6.07) is 10.4. The van der Waals surface area contributed by atoms with Gasteiger partial charge in [0.15, 0.2) is 5.13 Å². The molecule has 1 aromatic carbocycles. The number of nitrogen functional groups attached to an aromatic ring is 1. The first-order valence-corrected chi connectivity index (χ1v) is 6.31. The molecule has 0 bridgehead atoms. The van der Waals surface area contributed by atoms with E-state index in [0.29, 0.717) is 5.13 Å². The van der Waals surface area contributed by atoms with Gasteiger partial charge >= 0.3 is 0 Å². The summed E-state index contributed by atoms with van der Waals surface area (Å²) in [5.74, 6) is 0. The molecule has 0 radical (unpaired) electrons. The SMILES string of the molecule is Nc1nc(Br)c(CCc2ccccc2)s1. The van der Waals surface area contributed by atoms with Gasteiger partial charge in [-0.05, 0) is 34.3 Å². The van der Waals surface area contributed by atoms with E-state index in [9.17, 15) is 0 Å². The van der Waals surface area contributed by atoms with Crippen LogP contribution in [0.4, 0.5) is 5.13 Å². The molecule has 2 N–H and O–H groups in total. The van der Waals surface area contributed by atoms with E-state index < -0.39 is 0 Å². The third-order valence-corrected chi connectivity index (χ3v) is 4.01. The minimum atomic E-state index is 0.630. The van der Waals surface area contributed by atoms with Crippen LogP contribution >= 0.6 is 27.3 Å². The lowest BCUT2D eigenvalue weighted by Gasteiger charge is -1.98. The lowest BCUT2D eigenvalue weighted by Crippen LogP contribution is -1.88. The summed E-state index contributed by atoms with van der Waals surface area (Å²) in [4.78, 5) is 5.36. The van der Waals surface area contributed by atoms with Crippen molar-refractivity contribution in [3.8, 4) is 0 Å². The summed E-state index contributed by atoms with van der Waals surface area (Å²) in [6.45, 7) is 0. The lowest BCUT2D eigenvalue weighted by molar-refractivity contribution is 0.970. The third-order valence-electron chi connectivity index (χ3n) is 2.15. The number of anilines is 1. The number of nitrogens with zero attached hydrogens (tertiary/aromatic N) is 1. The zero-order valence-electron chi connectivity index (χ0n) is 8.11. The van der Waals surface area contributed by atoms with E-state index in [-0.39, 0.29) is 0 Å². The van der Waals surface area contributed by atoms with E-state index >= 15 is 0 Å². The zero-order chi connectivity index (χ0) is 10.7. The second-order valence-corrected chi connectivity index (χ2v) is 5.12. The summed E-state index contributed by atoms with van der Waals surface area (Å²) in [6.07, 6.45) is 2.01. The Kier molecular flexibility index (Phi) is 3.38. The number of aromatic nitrogens is 1. The highest BCUT2D eigenvalue weighted by atomic mass is 79.9. The Morgan fingerprint density at radius 2 is 1.93 bits per heavy atom. The number of aryl methyl sites for hydroxylation is 2. The molecule has 0 aliphatic heterocycles. The van der Waals surface area contributed by atoms with Gasteiger partial charge in [0.25, 0.3) is 0 Å². The number of hydrogen-bond donors (Lipinski definition) is 1. The maximum atomic E-state index is 5.63. The highest BCUT2D eigenvalue weighted by Gasteiger charge is 2.06. The van der Waals surface area contributed by atoms with Crippen LogP contribution < -0.4 is 5.73 Å². The molecule has 0 fully saturated rings. The topological polar surface area (TPSA) is 38.9 Å². The van der Waals surface area contributed by atoms with Gasteiger partial charge in [-0.2, -0.15) is 0 Å². The van der Waals surface area contributed by atoms with Crippen molar-refractivity contribution in [1.29, 1.82) is 0 Å². The Bertz CT molecular complexity index is 439. The van der Waals surface area contributed by atoms with Crippen molar-refractivity contribution in [2.75, 3.05) is 5.73 Å². The quantitative estimate of drug-likeness (QED) is 0.939. The van der Waals surface area contributed by atoms with Crippen LogP contribution in [0.3, 0.4) is 0 Å². The van der Waals surface area contributed by atoms with Crippen LogP contribution in [0.25, 0.3) is 0 Å². The smallest absolute Gasteiger partial charge is 0.181 e. The summed E-state index contributed by atoms with van der Waals surface area (Å²) in [5, 5.41) is 0.630. The summed E-state index contributed by atoms with van der Waals surface area (Å²) in [5.41, 5.74) is 6.97. The van der Waals surface area contributed by atoms with Crippen LogP contribution in [0.5, 0.6) is 0 Å². The van der Waals surface area contributed by atoms with Gasteiger partial charge in [0.05, 0.1) is 0 Å². The Balaban J connectivity index is 2.02. The molecular formula is C11H11BrN2S. The summed E-state index contributed by atoms with van der Waals surface area (Å²) in [7, 11) is 0. The predicted octanol–water partition coefficient (Wildman–Crippen LogP) is 3.27. The minimum absolute atomic E-state index is 0.630. The van der Waals surface area contributed by atoms with Crippen molar-refractivity contribution in [3.05, 3.63) is 45.4 Å². The molecule has 0 atom stereocenters. The second-order valence-electron chi connectivity index (χ2n) is 3.25. The highest BCUT2D eigenvalue weighted by molar-refractivity contribution is 9.10. The van der Waals surface area contributed by atoms with E-state index in [1.807, 2.05) is 6.07 Å². The van der Waals surface area contributed by atoms with Crippen LogP contribution in [-0.4, -0.2) is 4.98 Å². The molecule has 0 spiro atoms. The van der Waals surface area contributed by atoms with Crippen LogP contribution in [-0.2, 0) is 12.8 Å². The molecule has 2 rings (SSSR count). The van der Waals surface area contributed by atoms with Crippen molar-refractivity contribution in [1.82, 2.24) is 4.98 Å². The number of thiazole rings is 1. The Morgan fingerprint density at radius 1 is 1.20 bits per heavy atom. The molecule has 0 saturated carbocycles. The number of hydrogen-bond acceptors (Lipinski definition) is 3. The van der Waals surface area contributed by atoms with Gasteiger partial charge in [0, 0.05) is 4.88 Å². The van der Waals surface area contributed by atoms with Crippen molar-refractivity contribution >= 4 is 32.4 Å². The van der Waals surface area contributed by atoms with Crippen LogP contribution in [0.1, 0.15) is 10.4 Å². The third kappa shape index (κ3) is 2.79. The molecule has 4 heteroatoms. The Morgan fingerprint density at radius 3 is 2.53 bits per heavy atom. The largest absolute Gasteiger partial charge is 0.375 e. The fraction of sp³-hybridized carbons (Fsp3) is 0.182. The molecule has 0 unspecified atom stereocenters. The average molecular weight is 283 g/mol. The van der Waals surface area contributed by atoms with Crippen molar-refractivity contribution < 1.29 is 0 Å². The molecule has 78 valence electrons. The van der Waals surface area contributed by atoms with Gasteiger partial charge in [-0.25, -0.2) is 4.98 Å². The monoisotopic (exact) mass is 282 g/mol. The van der Waals surface area contributed by atoms with Crippen molar-refractivity contribution in [2.24, 2.45) is 0 Å². The predicted molar refractivity (Wildman–Crippen MR) is 68.1 cm³/mol. The van der Waals surface area contributed by atoms with Gasteiger partial charge in [0.2, 0.25) is 0 Å². The number of halogens is 1. The van der Waals surface area contributed by atoms with Gasteiger partial charge in [-0.15, -0.1) is 11.3 Å². The molecule has 1 heterocycles. The molecule has 2 nitrogen and oxygen atoms in total. The first kappa shape index (κ1) is 10.6. The van der Waals surface area contributed by atoms with E-state index in [2.05, 4.69) is 45.2 Å². The zero-order valence-corrected chi connectivity index (χ0v) is 10.5. The normalized spacial score (nSPS) is 10.5. The molecule has 0 amide bonds. The lowest BCUT2D eigenvalue weighted by atomic mass is 10.1. The van der Waals surface area contributed by atoms with E-state index in [1.54, 1.807) is 11.3 Å². The van der Waals surface area contributed by atoms with E-state index in [4.69, 9.17) is 5.73 Å². The van der Waals surface area contributed by atoms with Crippen LogP contribution in [0.15, 0.2) is 34.9 Å². The average Bonchev–Trinajstić information content (AvgIpc) is 2.56. The van der Waals surface area contributed by atoms with E-state index in [0.717, 1.165) is 17.4 Å². The summed E-state index contributed by atoms with van der Waals surface area (Å²) < 4.78 is 0.890. The molecule has 2 aromatic rings. The number of benzene rings is 1. The maximum Gasteiger partial charge on any atom is 0.181 e. The first-order chi connectivity index (χ1) is 7.25. The summed E-state index contributed by atoms with van der Waals surface area (Å²) >= 11 is 4.96. The molecular weight excluding hydrogens is 272 g/mol. The molecule has 0 aliphatic rings. The molecule has 15 heavy (non-hydrogen) atoms. The number of nitrogens with two attached hydrogens (primary N) is 1. The van der Waals surface area contributed by atoms with Crippen molar-refractivity contribution in [2.45, 2.75) is 12.8 Å². The second kappa shape index (κ2) is 4.77. The first-order valence-electron chi connectivity index (χ1n) is 4.70. The Labute approximate surface area is 101 Å². The highest BCUT2D eigenvalue weighted by Crippen LogP contribution is 2.26.